The Morgan fingerprint density at radius 3 is 1.90 bits per heavy atom. The first-order valence-electron chi connectivity index (χ1n) is 5.61. The van der Waals surface area contributed by atoms with Gasteiger partial charge in [-0.25, -0.2) is 8.78 Å². The van der Waals surface area contributed by atoms with Gasteiger partial charge in [0.1, 0.15) is 12.2 Å². The summed E-state index contributed by atoms with van der Waals surface area (Å²) in [6, 6.07) is 0. The van der Waals surface area contributed by atoms with Crippen molar-refractivity contribution in [2.24, 2.45) is 0 Å². The highest BCUT2D eigenvalue weighted by atomic mass is 32.2. The van der Waals surface area contributed by atoms with Gasteiger partial charge in [0.25, 0.3) is 5.92 Å². The first-order chi connectivity index (χ1) is 9.06. The molecule has 0 amide bonds. The standard InChI is InChI=1S/C10H15F5O5S/c1-8(2,3)20-7(16)4-5-9(11,12)6-19-21(17,18)10(13,14)15/h4-6H2,1-3H3. The Kier molecular flexibility index (Phi) is 6.13. The van der Waals surface area contributed by atoms with Gasteiger partial charge in [0.15, 0.2) is 0 Å². The van der Waals surface area contributed by atoms with Crippen LogP contribution in [-0.2, 0) is 23.8 Å². The summed E-state index contributed by atoms with van der Waals surface area (Å²) in [4.78, 5) is 11.2. The van der Waals surface area contributed by atoms with Gasteiger partial charge < -0.3 is 4.74 Å². The molecule has 0 unspecified atom stereocenters. The van der Waals surface area contributed by atoms with Gasteiger partial charge in [-0.3, -0.25) is 8.98 Å². The van der Waals surface area contributed by atoms with Crippen molar-refractivity contribution in [2.45, 2.75) is 50.6 Å². The van der Waals surface area contributed by atoms with E-state index in [2.05, 4.69) is 4.18 Å². The molecule has 0 aliphatic rings. The molecule has 0 aromatic rings. The smallest absolute Gasteiger partial charge is 0.460 e. The molecule has 21 heavy (non-hydrogen) atoms. The van der Waals surface area contributed by atoms with Crippen LogP contribution < -0.4 is 0 Å². The number of carbonyl (C=O) groups is 1. The fourth-order valence-electron chi connectivity index (χ4n) is 0.980. The van der Waals surface area contributed by atoms with Crippen LogP contribution in [0.1, 0.15) is 33.6 Å². The predicted molar refractivity (Wildman–Crippen MR) is 61.0 cm³/mol. The number of carbonyl (C=O) groups excluding carboxylic acids is 1. The molecule has 0 saturated carbocycles. The van der Waals surface area contributed by atoms with Crippen LogP contribution >= 0.6 is 0 Å². The maximum atomic E-state index is 13.2. The summed E-state index contributed by atoms with van der Waals surface area (Å²) in [5.74, 6) is -4.91. The Bertz CT molecular complexity index is 463. The monoisotopic (exact) mass is 342 g/mol. The van der Waals surface area contributed by atoms with Gasteiger partial charge in [0.05, 0.1) is 6.42 Å². The van der Waals surface area contributed by atoms with E-state index in [1.165, 1.54) is 20.8 Å². The van der Waals surface area contributed by atoms with Gasteiger partial charge in [-0.2, -0.15) is 21.6 Å². The van der Waals surface area contributed by atoms with Crippen LogP contribution in [-0.4, -0.2) is 38.0 Å². The van der Waals surface area contributed by atoms with E-state index >= 15 is 0 Å². The minimum absolute atomic E-state index is 0.792. The van der Waals surface area contributed by atoms with E-state index in [0.717, 1.165) is 0 Å². The summed E-state index contributed by atoms with van der Waals surface area (Å²) in [6.07, 6.45) is -1.99. The van der Waals surface area contributed by atoms with Gasteiger partial charge in [-0.1, -0.05) is 0 Å². The van der Waals surface area contributed by atoms with Crippen LogP contribution in [0.2, 0.25) is 0 Å². The summed E-state index contributed by atoms with van der Waals surface area (Å²) < 4.78 is 90.8. The van der Waals surface area contributed by atoms with Crippen LogP contribution in [0.5, 0.6) is 0 Å². The lowest BCUT2D eigenvalue weighted by Crippen LogP contribution is -2.33. The van der Waals surface area contributed by atoms with E-state index in [9.17, 15) is 35.2 Å². The summed E-state index contributed by atoms with van der Waals surface area (Å²) in [6.45, 7) is 2.50. The zero-order valence-corrected chi connectivity index (χ0v) is 12.3. The predicted octanol–water partition coefficient (Wildman–Crippen LogP) is 2.61. The number of esters is 1. The molecule has 0 spiro atoms. The Morgan fingerprint density at radius 1 is 1.05 bits per heavy atom. The lowest BCUT2D eigenvalue weighted by Gasteiger charge is -2.21. The number of halogens is 5. The lowest BCUT2D eigenvalue weighted by atomic mass is 10.1. The van der Waals surface area contributed by atoms with Gasteiger partial charge in [0, 0.05) is 6.42 Å². The summed E-state index contributed by atoms with van der Waals surface area (Å²) in [5, 5.41) is 0. The Hall–Kier alpha value is -0.970. The molecule has 0 bridgehead atoms. The highest BCUT2D eigenvalue weighted by Gasteiger charge is 2.49. The molecule has 126 valence electrons. The third-order valence-electron chi connectivity index (χ3n) is 1.82. The summed E-state index contributed by atoms with van der Waals surface area (Å²) in [7, 11) is -6.09. The van der Waals surface area contributed by atoms with Crippen LogP contribution in [0.3, 0.4) is 0 Å². The fourth-order valence-corrected chi connectivity index (χ4v) is 1.44. The Morgan fingerprint density at radius 2 is 1.52 bits per heavy atom. The maximum Gasteiger partial charge on any atom is 0.523 e. The van der Waals surface area contributed by atoms with Crippen molar-refractivity contribution in [2.75, 3.05) is 6.61 Å². The van der Waals surface area contributed by atoms with Gasteiger partial charge in [0.2, 0.25) is 0 Å². The number of hydrogen-bond acceptors (Lipinski definition) is 5. The first-order valence-corrected chi connectivity index (χ1v) is 7.02. The first kappa shape index (κ1) is 20.0. The molecule has 0 atom stereocenters. The molecular formula is C10H15F5O5S. The maximum absolute atomic E-state index is 13.2. The molecule has 11 heteroatoms. The summed E-state index contributed by atoms with van der Waals surface area (Å²) in [5.41, 5.74) is -6.68. The van der Waals surface area contributed by atoms with Crippen molar-refractivity contribution >= 4 is 16.1 Å². The second-order valence-electron chi connectivity index (χ2n) is 5.10. The van der Waals surface area contributed by atoms with Crippen molar-refractivity contribution in [3.05, 3.63) is 0 Å². The van der Waals surface area contributed by atoms with Gasteiger partial charge >= 0.3 is 21.6 Å². The SMILES string of the molecule is CC(C)(C)OC(=O)CCC(F)(F)COS(=O)(=O)C(F)(F)F. The van der Waals surface area contributed by atoms with E-state index in [4.69, 9.17) is 4.74 Å². The third kappa shape index (κ3) is 8.15. The van der Waals surface area contributed by atoms with Crippen molar-refractivity contribution in [1.29, 1.82) is 0 Å². The van der Waals surface area contributed by atoms with E-state index < -0.39 is 52.6 Å². The van der Waals surface area contributed by atoms with Crippen LogP contribution in [0.25, 0.3) is 0 Å². The summed E-state index contributed by atoms with van der Waals surface area (Å²) >= 11 is 0. The zero-order valence-electron chi connectivity index (χ0n) is 11.5. The molecule has 0 aromatic carbocycles. The van der Waals surface area contributed by atoms with Crippen molar-refractivity contribution in [1.82, 2.24) is 0 Å². The topological polar surface area (TPSA) is 69.7 Å². The highest BCUT2D eigenvalue weighted by Crippen LogP contribution is 2.28. The van der Waals surface area contributed by atoms with Crippen molar-refractivity contribution in [3.63, 3.8) is 0 Å². The van der Waals surface area contributed by atoms with E-state index in [1.807, 2.05) is 0 Å². The van der Waals surface area contributed by atoms with E-state index in [0.29, 0.717) is 0 Å². The quantitative estimate of drug-likeness (QED) is 0.321. The van der Waals surface area contributed by atoms with Crippen LogP contribution in [0.4, 0.5) is 22.0 Å². The largest absolute Gasteiger partial charge is 0.523 e. The molecule has 0 saturated heterocycles. The zero-order chi connectivity index (χ0) is 17.1. The molecule has 0 N–H and O–H groups in total. The molecular weight excluding hydrogens is 327 g/mol. The molecule has 0 fully saturated rings. The fraction of sp³-hybridized carbons (Fsp3) is 0.900. The minimum atomic E-state index is -6.09. The normalized spacial score (nSPS) is 14.1. The molecule has 0 rings (SSSR count). The second kappa shape index (κ2) is 6.42. The van der Waals surface area contributed by atoms with E-state index in [1.54, 1.807) is 0 Å². The van der Waals surface area contributed by atoms with E-state index in [-0.39, 0.29) is 0 Å². The van der Waals surface area contributed by atoms with Gasteiger partial charge in [-0.05, 0) is 20.8 Å². The number of rotatable bonds is 6. The minimum Gasteiger partial charge on any atom is -0.460 e. The second-order valence-corrected chi connectivity index (χ2v) is 6.71. The Labute approximate surface area is 118 Å². The van der Waals surface area contributed by atoms with Crippen LogP contribution in [0.15, 0.2) is 0 Å². The highest BCUT2D eigenvalue weighted by molar-refractivity contribution is 7.87. The number of hydrogen-bond donors (Lipinski definition) is 0. The molecule has 0 aliphatic heterocycles. The molecule has 5 nitrogen and oxygen atoms in total. The van der Waals surface area contributed by atoms with Gasteiger partial charge in [-0.15, -0.1) is 0 Å². The van der Waals surface area contributed by atoms with Crippen molar-refractivity contribution < 1.29 is 44.1 Å². The number of alkyl halides is 5. The molecule has 0 aliphatic carbocycles. The van der Waals surface area contributed by atoms with Crippen molar-refractivity contribution in [3.8, 4) is 0 Å². The molecule has 0 heterocycles. The lowest BCUT2D eigenvalue weighted by molar-refractivity contribution is -0.157. The Balaban J connectivity index is 4.44. The molecule has 0 aromatic heterocycles. The third-order valence-corrected chi connectivity index (χ3v) is 2.82. The molecule has 0 radical (unpaired) electrons. The average Bonchev–Trinajstić information content (AvgIpc) is 2.20. The average molecular weight is 342 g/mol. The van der Waals surface area contributed by atoms with Crippen LogP contribution in [0, 0.1) is 0 Å². The number of ether oxygens (including phenoxy) is 1.